The van der Waals surface area contributed by atoms with Crippen LogP contribution in [0.4, 0.5) is 4.39 Å². The smallest absolute Gasteiger partial charge is 0.137 e. The van der Waals surface area contributed by atoms with Crippen LogP contribution in [0.15, 0.2) is 55.1 Å². The van der Waals surface area contributed by atoms with E-state index in [1.165, 1.54) is 12.4 Å². The number of hydrogen-bond acceptors (Lipinski definition) is 2. The lowest BCUT2D eigenvalue weighted by Crippen LogP contribution is -2.02. The largest absolute Gasteiger partial charge is 0.248 e. The maximum atomic E-state index is 13.9. The molecule has 0 fully saturated rings. The van der Waals surface area contributed by atoms with Gasteiger partial charge in [-0.2, -0.15) is 5.10 Å². The molecule has 3 rings (SSSR count). The first-order valence-corrected chi connectivity index (χ1v) is 6.47. The summed E-state index contributed by atoms with van der Waals surface area (Å²) in [6.07, 6.45) is 3.00. The molecule has 0 N–H and O–H groups in total. The summed E-state index contributed by atoms with van der Waals surface area (Å²) in [6, 6.07) is 12.5. The zero-order chi connectivity index (χ0) is 13.9. The molecule has 1 aromatic heterocycles. The zero-order valence-corrected chi connectivity index (χ0v) is 11.3. The van der Waals surface area contributed by atoms with Crippen molar-refractivity contribution in [2.24, 2.45) is 0 Å². The van der Waals surface area contributed by atoms with E-state index in [-0.39, 0.29) is 5.82 Å². The van der Waals surface area contributed by atoms with Gasteiger partial charge in [0.05, 0.1) is 6.54 Å². The summed E-state index contributed by atoms with van der Waals surface area (Å²) in [4.78, 5) is 3.85. The van der Waals surface area contributed by atoms with E-state index in [2.05, 4.69) is 10.1 Å². The number of halogens is 2. The average Bonchev–Trinajstić information content (AvgIpc) is 2.95. The van der Waals surface area contributed by atoms with E-state index in [0.717, 1.165) is 11.1 Å². The van der Waals surface area contributed by atoms with E-state index in [4.69, 9.17) is 11.6 Å². The van der Waals surface area contributed by atoms with E-state index in [9.17, 15) is 4.39 Å². The molecule has 0 spiro atoms. The Morgan fingerprint density at radius 3 is 2.50 bits per heavy atom. The van der Waals surface area contributed by atoms with Gasteiger partial charge in [0.1, 0.15) is 18.5 Å². The third kappa shape index (κ3) is 2.70. The number of nitrogens with zero attached hydrogens (tertiary/aromatic N) is 3. The van der Waals surface area contributed by atoms with Crippen molar-refractivity contribution in [1.82, 2.24) is 14.8 Å². The second-order valence-electron chi connectivity index (χ2n) is 4.41. The van der Waals surface area contributed by atoms with Crippen LogP contribution in [0.1, 0.15) is 5.56 Å². The van der Waals surface area contributed by atoms with Crippen LogP contribution < -0.4 is 0 Å². The molecular formula is C15H11ClFN3. The highest BCUT2D eigenvalue weighted by Crippen LogP contribution is 2.24. The Morgan fingerprint density at radius 1 is 1.05 bits per heavy atom. The molecule has 5 heteroatoms. The van der Waals surface area contributed by atoms with E-state index in [1.54, 1.807) is 17.1 Å². The molecule has 0 unspecified atom stereocenters. The fourth-order valence-corrected chi connectivity index (χ4v) is 2.13. The van der Waals surface area contributed by atoms with Crippen LogP contribution in [0.5, 0.6) is 0 Å². The van der Waals surface area contributed by atoms with Crippen LogP contribution in [-0.4, -0.2) is 14.8 Å². The number of aromatic nitrogens is 3. The summed E-state index contributed by atoms with van der Waals surface area (Å²) in [6.45, 7) is 0.354. The molecule has 20 heavy (non-hydrogen) atoms. The van der Waals surface area contributed by atoms with Crippen molar-refractivity contribution < 1.29 is 4.39 Å². The van der Waals surface area contributed by atoms with Gasteiger partial charge in [0, 0.05) is 10.6 Å². The van der Waals surface area contributed by atoms with E-state index < -0.39 is 0 Å². The van der Waals surface area contributed by atoms with Crippen molar-refractivity contribution in [1.29, 1.82) is 0 Å². The van der Waals surface area contributed by atoms with E-state index >= 15 is 0 Å². The van der Waals surface area contributed by atoms with Crippen molar-refractivity contribution in [3.8, 4) is 11.1 Å². The maximum Gasteiger partial charge on any atom is 0.137 e. The van der Waals surface area contributed by atoms with Crippen molar-refractivity contribution in [3.63, 3.8) is 0 Å². The number of hydrogen-bond donors (Lipinski definition) is 0. The van der Waals surface area contributed by atoms with Crippen LogP contribution in [0.3, 0.4) is 0 Å². The second kappa shape index (κ2) is 5.43. The second-order valence-corrected chi connectivity index (χ2v) is 4.84. The van der Waals surface area contributed by atoms with Crippen molar-refractivity contribution >= 4 is 11.6 Å². The first-order chi connectivity index (χ1) is 9.72. The summed E-state index contributed by atoms with van der Waals surface area (Å²) in [7, 11) is 0. The van der Waals surface area contributed by atoms with E-state index in [1.807, 2.05) is 30.3 Å². The monoisotopic (exact) mass is 287 g/mol. The van der Waals surface area contributed by atoms with Gasteiger partial charge in [-0.05, 0) is 35.4 Å². The Hall–Kier alpha value is -2.20. The average molecular weight is 288 g/mol. The van der Waals surface area contributed by atoms with Gasteiger partial charge in [-0.25, -0.2) is 14.1 Å². The van der Waals surface area contributed by atoms with Crippen LogP contribution in [0, 0.1) is 5.82 Å². The zero-order valence-electron chi connectivity index (χ0n) is 10.5. The number of rotatable bonds is 3. The summed E-state index contributed by atoms with van der Waals surface area (Å²) in [5.74, 6) is -0.252. The molecule has 0 aliphatic carbocycles. The van der Waals surface area contributed by atoms with E-state index in [0.29, 0.717) is 17.1 Å². The first kappa shape index (κ1) is 12.8. The molecule has 100 valence electrons. The van der Waals surface area contributed by atoms with Gasteiger partial charge < -0.3 is 0 Å². The fourth-order valence-electron chi connectivity index (χ4n) is 2.01. The molecule has 0 amide bonds. The van der Waals surface area contributed by atoms with Crippen LogP contribution in [0.2, 0.25) is 5.02 Å². The summed E-state index contributed by atoms with van der Waals surface area (Å²) in [5, 5.41) is 4.67. The lowest BCUT2D eigenvalue weighted by atomic mass is 10.0. The van der Waals surface area contributed by atoms with Crippen molar-refractivity contribution in [2.75, 3.05) is 0 Å². The molecule has 0 saturated carbocycles. The molecule has 3 aromatic rings. The van der Waals surface area contributed by atoms with Crippen molar-refractivity contribution in [2.45, 2.75) is 6.54 Å². The molecule has 0 saturated heterocycles. The van der Waals surface area contributed by atoms with Gasteiger partial charge in [0.15, 0.2) is 0 Å². The maximum absolute atomic E-state index is 13.9. The molecule has 3 nitrogen and oxygen atoms in total. The van der Waals surface area contributed by atoms with Crippen LogP contribution in [-0.2, 0) is 6.54 Å². The van der Waals surface area contributed by atoms with Crippen LogP contribution in [0.25, 0.3) is 11.1 Å². The Morgan fingerprint density at radius 2 is 1.80 bits per heavy atom. The molecule has 0 radical (unpaired) electrons. The molecule has 0 bridgehead atoms. The Bertz CT molecular complexity index is 708. The highest BCUT2D eigenvalue weighted by Gasteiger charge is 2.06. The Labute approximate surface area is 120 Å². The molecule has 0 aliphatic rings. The van der Waals surface area contributed by atoms with Gasteiger partial charge in [0.2, 0.25) is 0 Å². The summed E-state index contributed by atoms with van der Waals surface area (Å²) >= 11 is 5.87. The standard InChI is InChI=1S/C15H11ClFN3/c16-14-4-1-11(2-5-14)12-3-6-15(17)13(7-12)8-20-10-18-9-19-20/h1-7,9-10H,8H2. The van der Waals surface area contributed by atoms with Gasteiger partial charge in [-0.3, -0.25) is 0 Å². The summed E-state index contributed by atoms with van der Waals surface area (Å²) in [5.41, 5.74) is 2.51. The molecular weight excluding hydrogens is 277 g/mol. The summed E-state index contributed by atoms with van der Waals surface area (Å²) < 4.78 is 15.4. The van der Waals surface area contributed by atoms with Gasteiger partial charge in [-0.1, -0.05) is 29.8 Å². The molecule has 0 aliphatic heterocycles. The fraction of sp³-hybridized carbons (Fsp3) is 0.0667. The first-order valence-electron chi connectivity index (χ1n) is 6.09. The minimum Gasteiger partial charge on any atom is -0.248 e. The normalized spacial score (nSPS) is 10.7. The van der Waals surface area contributed by atoms with Gasteiger partial charge in [-0.15, -0.1) is 0 Å². The lowest BCUT2D eigenvalue weighted by molar-refractivity contribution is 0.585. The SMILES string of the molecule is Fc1ccc(-c2ccc(Cl)cc2)cc1Cn1cncn1. The third-order valence-corrected chi connectivity index (χ3v) is 3.27. The minimum atomic E-state index is -0.252. The quantitative estimate of drug-likeness (QED) is 0.734. The lowest BCUT2D eigenvalue weighted by Gasteiger charge is -2.07. The molecule has 2 aromatic carbocycles. The molecule has 0 atom stereocenters. The van der Waals surface area contributed by atoms with Crippen LogP contribution >= 0.6 is 11.6 Å². The van der Waals surface area contributed by atoms with Gasteiger partial charge in [0.25, 0.3) is 0 Å². The number of benzene rings is 2. The predicted molar refractivity (Wildman–Crippen MR) is 76.0 cm³/mol. The Balaban J connectivity index is 1.95. The van der Waals surface area contributed by atoms with Gasteiger partial charge >= 0.3 is 0 Å². The third-order valence-electron chi connectivity index (χ3n) is 3.02. The highest BCUT2D eigenvalue weighted by atomic mass is 35.5. The molecule has 1 heterocycles. The predicted octanol–water partition coefficient (Wildman–Crippen LogP) is 3.79. The topological polar surface area (TPSA) is 30.7 Å². The van der Waals surface area contributed by atoms with Crippen molar-refractivity contribution in [3.05, 3.63) is 71.5 Å². The Kier molecular flexibility index (Phi) is 3.48. The minimum absolute atomic E-state index is 0.252. The highest BCUT2D eigenvalue weighted by molar-refractivity contribution is 6.30.